The molecule has 3 rings (SSSR count). The number of halogens is 3. The van der Waals surface area contributed by atoms with Gasteiger partial charge in [-0.1, -0.05) is 18.1 Å². The summed E-state index contributed by atoms with van der Waals surface area (Å²) in [4.78, 5) is 10.3. The van der Waals surface area contributed by atoms with Gasteiger partial charge in [-0.05, 0) is 38.5 Å². The number of pyridine rings is 1. The van der Waals surface area contributed by atoms with E-state index in [0.717, 1.165) is 0 Å². The van der Waals surface area contributed by atoms with Crippen molar-refractivity contribution in [1.82, 2.24) is 4.98 Å². The number of para-hydroxylation sites is 1. The van der Waals surface area contributed by atoms with E-state index in [1.165, 1.54) is 12.3 Å². The minimum Gasteiger partial charge on any atom is -0.333 e. The molecule has 26 heavy (non-hydrogen) atoms. The Morgan fingerprint density at radius 3 is 2.65 bits per heavy atom. The molecule has 0 bridgehead atoms. The fourth-order valence-electron chi connectivity index (χ4n) is 3.18. The highest BCUT2D eigenvalue weighted by Crippen LogP contribution is 2.37. The maximum absolute atomic E-state index is 14.6. The Balaban J connectivity index is 2.22. The number of aromatic nitrogens is 1. The number of nitrogens with zero attached hydrogens (tertiary/aromatic N) is 3. The second-order valence-corrected chi connectivity index (χ2v) is 6.61. The van der Waals surface area contributed by atoms with Crippen molar-refractivity contribution in [1.29, 1.82) is 0 Å². The molecular formula is C20H18F3N3. The van der Waals surface area contributed by atoms with Gasteiger partial charge in [-0.25, -0.2) is 13.2 Å². The number of alkyl halides is 2. The fraction of sp³-hybridized carbons (Fsp3) is 0.300. The first-order valence-corrected chi connectivity index (χ1v) is 8.11. The summed E-state index contributed by atoms with van der Waals surface area (Å²) in [7, 11) is 0. The van der Waals surface area contributed by atoms with Crippen LogP contribution in [0.15, 0.2) is 35.5 Å². The van der Waals surface area contributed by atoms with Gasteiger partial charge in [-0.15, -0.1) is 6.42 Å². The number of benzene rings is 1. The maximum atomic E-state index is 14.6. The molecule has 1 aromatic carbocycles. The second-order valence-electron chi connectivity index (χ2n) is 6.61. The van der Waals surface area contributed by atoms with Crippen molar-refractivity contribution < 1.29 is 13.2 Å². The summed E-state index contributed by atoms with van der Waals surface area (Å²) in [5.74, 6) is 2.13. The smallest absolute Gasteiger partial charge is 0.280 e. The van der Waals surface area contributed by atoms with Crippen LogP contribution in [0, 0.1) is 25.1 Å². The number of aryl methyl sites for hydroxylation is 1. The average molecular weight is 357 g/mol. The molecule has 1 aromatic heterocycles. The van der Waals surface area contributed by atoms with Crippen LogP contribution >= 0.6 is 0 Å². The first-order chi connectivity index (χ1) is 12.3. The zero-order chi connectivity index (χ0) is 19.1. The molecule has 0 saturated heterocycles. The summed E-state index contributed by atoms with van der Waals surface area (Å²) in [5.41, 5.74) is 1.29. The third-order valence-electron chi connectivity index (χ3n) is 4.41. The molecule has 0 saturated carbocycles. The summed E-state index contributed by atoms with van der Waals surface area (Å²) in [5, 5.41) is 0. The predicted octanol–water partition coefficient (Wildman–Crippen LogP) is 4.49. The Labute approximate surface area is 150 Å². The molecule has 3 nitrogen and oxygen atoms in total. The van der Waals surface area contributed by atoms with E-state index in [2.05, 4.69) is 10.9 Å². The topological polar surface area (TPSA) is 28.5 Å². The van der Waals surface area contributed by atoms with Gasteiger partial charge in [0.2, 0.25) is 0 Å². The standard InChI is InChI=1S/C20H18F3N3/c1-5-9-26-18-14(7-6-8-15(18)21)17(25-20(26,3)4)13-10-12(2)16(19(22)23)24-11-13/h1,6-8,10-11,19H,9H2,2-4H3. The van der Waals surface area contributed by atoms with Crippen LogP contribution in [0.5, 0.6) is 0 Å². The van der Waals surface area contributed by atoms with Gasteiger partial charge in [-0.2, -0.15) is 0 Å². The molecule has 2 aromatic rings. The van der Waals surface area contributed by atoms with Gasteiger partial charge in [0, 0.05) is 17.3 Å². The lowest BCUT2D eigenvalue weighted by Gasteiger charge is -2.41. The first-order valence-electron chi connectivity index (χ1n) is 8.11. The van der Waals surface area contributed by atoms with E-state index in [1.54, 1.807) is 30.0 Å². The number of anilines is 1. The molecule has 134 valence electrons. The lowest BCUT2D eigenvalue weighted by atomic mass is 9.94. The molecule has 0 spiro atoms. The number of aliphatic imine (C=N–C) groups is 1. The van der Waals surface area contributed by atoms with Gasteiger partial charge in [0.05, 0.1) is 17.9 Å². The van der Waals surface area contributed by atoms with Crippen LogP contribution in [0.25, 0.3) is 0 Å². The summed E-state index contributed by atoms with van der Waals surface area (Å²) >= 11 is 0. The second kappa shape index (κ2) is 6.49. The zero-order valence-corrected chi connectivity index (χ0v) is 14.7. The number of hydrogen-bond donors (Lipinski definition) is 0. The molecule has 6 heteroatoms. The maximum Gasteiger partial charge on any atom is 0.280 e. The van der Waals surface area contributed by atoms with Gasteiger partial charge in [0.25, 0.3) is 6.43 Å². The van der Waals surface area contributed by atoms with Crippen molar-refractivity contribution in [3.63, 3.8) is 0 Å². The van der Waals surface area contributed by atoms with Crippen LogP contribution in [0.3, 0.4) is 0 Å². The minimum absolute atomic E-state index is 0.194. The van der Waals surface area contributed by atoms with Crippen LogP contribution in [0.4, 0.5) is 18.9 Å². The van der Waals surface area contributed by atoms with Gasteiger partial charge < -0.3 is 4.90 Å². The Kier molecular flexibility index (Phi) is 4.49. The van der Waals surface area contributed by atoms with Gasteiger partial charge >= 0.3 is 0 Å². The Morgan fingerprint density at radius 1 is 1.31 bits per heavy atom. The van der Waals surface area contributed by atoms with Crippen LogP contribution in [0.1, 0.15) is 42.7 Å². The number of fused-ring (bicyclic) bond motifs is 1. The summed E-state index contributed by atoms with van der Waals surface area (Å²) in [6.07, 6.45) is 4.16. The molecular weight excluding hydrogens is 339 g/mol. The van der Waals surface area contributed by atoms with E-state index in [4.69, 9.17) is 11.4 Å². The number of terminal acetylenes is 1. The van der Waals surface area contributed by atoms with Crippen molar-refractivity contribution in [2.75, 3.05) is 11.4 Å². The van der Waals surface area contributed by atoms with Crippen LogP contribution in [-0.2, 0) is 0 Å². The van der Waals surface area contributed by atoms with E-state index in [-0.39, 0.29) is 12.2 Å². The normalized spacial score (nSPS) is 15.5. The van der Waals surface area contributed by atoms with E-state index in [0.29, 0.717) is 28.1 Å². The monoisotopic (exact) mass is 357 g/mol. The molecule has 1 aliphatic rings. The van der Waals surface area contributed by atoms with Crippen LogP contribution in [0.2, 0.25) is 0 Å². The zero-order valence-electron chi connectivity index (χ0n) is 14.7. The number of rotatable bonds is 3. The third-order valence-corrected chi connectivity index (χ3v) is 4.41. The molecule has 0 atom stereocenters. The van der Waals surface area contributed by atoms with E-state index < -0.39 is 17.9 Å². The van der Waals surface area contributed by atoms with E-state index in [1.807, 2.05) is 13.8 Å². The van der Waals surface area contributed by atoms with Crippen molar-refractivity contribution in [3.8, 4) is 12.3 Å². The Bertz CT molecular complexity index is 926. The molecule has 0 amide bonds. The van der Waals surface area contributed by atoms with Crippen molar-refractivity contribution in [3.05, 3.63) is 58.7 Å². The molecule has 0 radical (unpaired) electrons. The minimum atomic E-state index is -2.65. The lowest BCUT2D eigenvalue weighted by molar-refractivity contribution is 0.145. The lowest BCUT2D eigenvalue weighted by Crippen LogP contribution is -2.47. The van der Waals surface area contributed by atoms with Crippen LogP contribution < -0.4 is 4.90 Å². The highest BCUT2D eigenvalue weighted by molar-refractivity contribution is 6.17. The van der Waals surface area contributed by atoms with Crippen molar-refractivity contribution >= 4 is 11.4 Å². The van der Waals surface area contributed by atoms with Gasteiger partial charge in [0.1, 0.15) is 17.2 Å². The highest BCUT2D eigenvalue weighted by Gasteiger charge is 2.36. The highest BCUT2D eigenvalue weighted by atomic mass is 19.3. The molecule has 0 N–H and O–H groups in total. The summed E-state index contributed by atoms with van der Waals surface area (Å²) < 4.78 is 40.6. The number of hydrogen-bond acceptors (Lipinski definition) is 3. The summed E-state index contributed by atoms with van der Waals surface area (Å²) in [6, 6.07) is 6.30. The Morgan fingerprint density at radius 2 is 2.04 bits per heavy atom. The molecule has 0 fully saturated rings. The molecule has 0 aliphatic carbocycles. The fourth-order valence-corrected chi connectivity index (χ4v) is 3.18. The van der Waals surface area contributed by atoms with Crippen LogP contribution in [-0.4, -0.2) is 22.9 Å². The molecule has 1 aliphatic heterocycles. The van der Waals surface area contributed by atoms with E-state index in [9.17, 15) is 13.2 Å². The van der Waals surface area contributed by atoms with Gasteiger partial charge in [0.15, 0.2) is 0 Å². The first kappa shape index (κ1) is 18.0. The summed E-state index contributed by atoms with van der Waals surface area (Å²) in [6.45, 7) is 5.42. The van der Waals surface area contributed by atoms with Crippen molar-refractivity contribution in [2.45, 2.75) is 32.9 Å². The molecule has 2 heterocycles. The Hall–Kier alpha value is -2.81. The predicted molar refractivity (Wildman–Crippen MR) is 96.2 cm³/mol. The SMILES string of the molecule is C#CCN1c2c(F)cccc2C(c2cnc(C(F)F)c(C)c2)=NC1(C)C. The van der Waals surface area contributed by atoms with Gasteiger partial charge in [-0.3, -0.25) is 9.98 Å². The largest absolute Gasteiger partial charge is 0.333 e. The molecule has 0 unspecified atom stereocenters. The third kappa shape index (κ3) is 2.94. The quantitative estimate of drug-likeness (QED) is 0.757. The van der Waals surface area contributed by atoms with Crippen molar-refractivity contribution in [2.24, 2.45) is 4.99 Å². The average Bonchev–Trinajstić information content (AvgIpc) is 2.57. The van der Waals surface area contributed by atoms with E-state index >= 15 is 0 Å².